The van der Waals surface area contributed by atoms with Crippen molar-refractivity contribution in [2.24, 2.45) is 35.5 Å². The third-order valence-corrected chi connectivity index (χ3v) is 7.41. The van der Waals surface area contributed by atoms with Crippen LogP contribution in [0.4, 0.5) is 0 Å². The Labute approximate surface area is 125 Å². The number of rotatable bonds is 6. The molecule has 0 aromatic carbocycles. The number of fused-ring (bicyclic) bond motifs is 4. The van der Waals surface area contributed by atoms with Gasteiger partial charge in [0.15, 0.2) is 0 Å². The molecule has 0 aliphatic heterocycles. The highest BCUT2D eigenvalue weighted by Crippen LogP contribution is 2.53. The van der Waals surface area contributed by atoms with Crippen LogP contribution in [0.1, 0.15) is 71.1 Å². The molecule has 0 spiro atoms. The Bertz CT molecular complexity index is 339. The van der Waals surface area contributed by atoms with Gasteiger partial charge in [0, 0.05) is 6.04 Å². The molecule has 4 rings (SSSR count). The van der Waals surface area contributed by atoms with Gasteiger partial charge < -0.3 is 5.32 Å². The highest BCUT2D eigenvalue weighted by molar-refractivity contribution is 4.98. The number of nitrogens with one attached hydrogen (secondary N) is 1. The van der Waals surface area contributed by atoms with Crippen LogP contribution in [0, 0.1) is 35.5 Å². The highest BCUT2D eigenvalue weighted by atomic mass is 14.9. The van der Waals surface area contributed by atoms with Gasteiger partial charge in [0.1, 0.15) is 0 Å². The van der Waals surface area contributed by atoms with Gasteiger partial charge in [-0.3, -0.25) is 0 Å². The first-order chi connectivity index (χ1) is 9.83. The van der Waals surface area contributed by atoms with E-state index in [1.54, 1.807) is 51.4 Å². The second kappa shape index (κ2) is 5.63. The van der Waals surface area contributed by atoms with Crippen molar-refractivity contribution < 1.29 is 0 Å². The standard InChI is InChI=1S/C19H33N/c1-2-7-20-19(18-11-14-4-6-16(18)9-14)12-17-10-13-3-5-15(17)8-13/h13-20H,2-12H2,1H3. The first kappa shape index (κ1) is 13.6. The average Bonchev–Trinajstić information content (AvgIpc) is 3.21. The van der Waals surface area contributed by atoms with Gasteiger partial charge in [0.25, 0.3) is 0 Å². The molecule has 0 aromatic rings. The van der Waals surface area contributed by atoms with Crippen molar-refractivity contribution in [2.45, 2.75) is 77.2 Å². The van der Waals surface area contributed by atoms with Crippen LogP contribution >= 0.6 is 0 Å². The first-order valence-corrected chi connectivity index (χ1v) is 9.56. The van der Waals surface area contributed by atoms with E-state index in [4.69, 9.17) is 0 Å². The molecule has 1 nitrogen and oxygen atoms in total. The Morgan fingerprint density at radius 1 is 0.900 bits per heavy atom. The smallest absolute Gasteiger partial charge is 0.0101 e. The molecular weight excluding hydrogens is 242 g/mol. The molecule has 1 heteroatoms. The lowest BCUT2D eigenvalue weighted by Crippen LogP contribution is -2.41. The zero-order valence-electron chi connectivity index (χ0n) is 13.3. The Hall–Kier alpha value is -0.0400. The van der Waals surface area contributed by atoms with E-state index in [9.17, 15) is 0 Å². The molecule has 20 heavy (non-hydrogen) atoms. The van der Waals surface area contributed by atoms with Crippen molar-refractivity contribution in [3.8, 4) is 0 Å². The lowest BCUT2D eigenvalue weighted by molar-refractivity contribution is 0.191. The molecule has 4 aliphatic carbocycles. The monoisotopic (exact) mass is 275 g/mol. The Kier molecular flexibility index (Phi) is 3.83. The van der Waals surface area contributed by atoms with Gasteiger partial charge in [-0.25, -0.2) is 0 Å². The van der Waals surface area contributed by atoms with E-state index in [2.05, 4.69) is 12.2 Å². The van der Waals surface area contributed by atoms with Gasteiger partial charge in [-0.1, -0.05) is 19.8 Å². The maximum atomic E-state index is 3.98. The van der Waals surface area contributed by atoms with Crippen molar-refractivity contribution in [3.05, 3.63) is 0 Å². The minimum atomic E-state index is 0.870. The summed E-state index contributed by atoms with van der Waals surface area (Å²) in [5.41, 5.74) is 0. The van der Waals surface area contributed by atoms with E-state index in [0.717, 1.165) is 41.5 Å². The minimum absolute atomic E-state index is 0.870. The summed E-state index contributed by atoms with van der Waals surface area (Å²) in [6.07, 6.45) is 15.3. The van der Waals surface area contributed by atoms with Crippen LogP contribution in [0.2, 0.25) is 0 Å². The van der Waals surface area contributed by atoms with Gasteiger partial charge >= 0.3 is 0 Å². The lowest BCUT2D eigenvalue weighted by Gasteiger charge is -2.35. The molecule has 4 aliphatic rings. The van der Waals surface area contributed by atoms with Crippen LogP contribution in [0.5, 0.6) is 0 Å². The highest BCUT2D eigenvalue weighted by Gasteiger charge is 2.46. The van der Waals surface area contributed by atoms with Gasteiger partial charge in [-0.2, -0.15) is 0 Å². The van der Waals surface area contributed by atoms with Crippen LogP contribution in [0.15, 0.2) is 0 Å². The molecule has 0 saturated heterocycles. The first-order valence-electron chi connectivity index (χ1n) is 9.56. The second-order valence-electron chi connectivity index (χ2n) is 8.57. The molecule has 4 saturated carbocycles. The summed E-state index contributed by atoms with van der Waals surface area (Å²) in [5, 5.41) is 3.98. The van der Waals surface area contributed by atoms with Crippen molar-refractivity contribution in [1.29, 1.82) is 0 Å². The zero-order valence-corrected chi connectivity index (χ0v) is 13.3. The van der Waals surface area contributed by atoms with Crippen LogP contribution in [-0.2, 0) is 0 Å². The maximum absolute atomic E-state index is 3.98. The van der Waals surface area contributed by atoms with E-state index in [0.29, 0.717) is 0 Å². The number of hydrogen-bond donors (Lipinski definition) is 1. The van der Waals surface area contributed by atoms with Gasteiger partial charge in [0.05, 0.1) is 0 Å². The Morgan fingerprint density at radius 2 is 1.65 bits per heavy atom. The third kappa shape index (κ3) is 2.45. The van der Waals surface area contributed by atoms with E-state index in [1.807, 2.05) is 0 Å². The predicted octanol–water partition coefficient (Wildman–Crippen LogP) is 4.62. The fourth-order valence-corrected chi connectivity index (χ4v) is 6.52. The van der Waals surface area contributed by atoms with Crippen LogP contribution in [0.25, 0.3) is 0 Å². The fourth-order valence-electron chi connectivity index (χ4n) is 6.52. The van der Waals surface area contributed by atoms with Crippen LogP contribution in [-0.4, -0.2) is 12.6 Å². The van der Waals surface area contributed by atoms with Crippen LogP contribution in [0.3, 0.4) is 0 Å². The fraction of sp³-hybridized carbons (Fsp3) is 1.00. The van der Waals surface area contributed by atoms with E-state index in [-0.39, 0.29) is 0 Å². The summed E-state index contributed by atoms with van der Waals surface area (Å²) in [7, 11) is 0. The summed E-state index contributed by atoms with van der Waals surface area (Å²) in [6, 6.07) is 0.870. The topological polar surface area (TPSA) is 12.0 Å². The molecule has 0 heterocycles. The van der Waals surface area contributed by atoms with E-state index in [1.165, 1.54) is 19.4 Å². The van der Waals surface area contributed by atoms with Crippen molar-refractivity contribution >= 4 is 0 Å². The molecule has 4 bridgehead atoms. The van der Waals surface area contributed by atoms with Crippen LogP contribution < -0.4 is 5.32 Å². The Morgan fingerprint density at radius 3 is 2.20 bits per heavy atom. The normalized spacial score (nSPS) is 47.2. The summed E-state index contributed by atoms with van der Waals surface area (Å²) in [4.78, 5) is 0. The van der Waals surface area contributed by atoms with Gasteiger partial charge in [0.2, 0.25) is 0 Å². The minimum Gasteiger partial charge on any atom is -0.314 e. The van der Waals surface area contributed by atoms with E-state index >= 15 is 0 Å². The molecule has 4 fully saturated rings. The molecule has 1 N–H and O–H groups in total. The molecule has 114 valence electrons. The summed E-state index contributed by atoms with van der Waals surface area (Å²) in [6.45, 7) is 3.57. The Balaban J connectivity index is 1.40. The molecule has 0 radical (unpaired) electrons. The van der Waals surface area contributed by atoms with Gasteiger partial charge in [-0.15, -0.1) is 0 Å². The molecule has 7 unspecified atom stereocenters. The predicted molar refractivity (Wildman–Crippen MR) is 84.6 cm³/mol. The van der Waals surface area contributed by atoms with Crippen molar-refractivity contribution in [2.75, 3.05) is 6.54 Å². The largest absolute Gasteiger partial charge is 0.314 e. The SMILES string of the molecule is CCCNC(CC1CC2CCC1C2)C1CC2CCC1C2. The van der Waals surface area contributed by atoms with Gasteiger partial charge in [-0.05, 0) is 93.4 Å². The molecular formula is C19H33N. The second-order valence-corrected chi connectivity index (χ2v) is 8.57. The molecule has 7 atom stereocenters. The summed E-state index contributed by atoms with van der Waals surface area (Å²) in [5.74, 6) is 6.56. The quantitative estimate of drug-likeness (QED) is 0.746. The number of hydrogen-bond acceptors (Lipinski definition) is 1. The average molecular weight is 275 g/mol. The molecule has 0 aromatic heterocycles. The van der Waals surface area contributed by atoms with E-state index < -0.39 is 0 Å². The summed E-state index contributed by atoms with van der Waals surface area (Å²) >= 11 is 0. The third-order valence-electron chi connectivity index (χ3n) is 7.41. The molecule has 0 amide bonds. The summed E-state index contributed by atoms with van der Waals surface area (Å²) < 4.78 is 0. The zero-order chi connectivity index (χ0) is 13.5. The lowest BCUT2D eigenvalue weighted by atomic mass is 9.76. The van der Waals surface area contributed by atoms with Crippen molar-refractivity contribution in [1.82, 2.24) is 5.32 Å². The van der Waals surface area contributed by atoms with Crippen molar-refractivity contribution in [3.63, 3.8) is 0 Å². The maximum Gasteiger partial charge on any atom is 0.0101 e.